The summed E-state index contributed by atoms with van der Waals surface area (Å²) in [5.74, 6) is 1.93. The highest BCUT2D eigenvalue weighted by Gasteiger charge is 2.04. The molecule has 2 aromatic carbocycles. The van der Waals surface area contributed by atoms with Crippen molar-refractivity contribution in [2.24, 2.45) is 0 Å². The minimum absolute atomic E-state index is 0.317. The first-order valence-electron chi connectivity index (χ1n) is 8.20. The standard InChI is InChI=1S/C18H20Cl2N4O3/c19-9-11-21-17(25)23-13-1-5-15(6-2-13)27-16-7-3-14(4-8-16)24-18(26)22-12-10-20/h1-8H,9-12H2,(H2,21,23,25)(H2,22,24,26). The lowest BCUT2D eigenvalue weighted by Crippen LogP contribution is -2.30. The van der Waals surface area contributed by atoms with Crippen molar-refractivity contribution < 1.29 is 14.3 Å². The highest BCUT2D eigenvalue weighted by molar-refractivity contribution is 6.18. The summed E-state index contributed by atoms with van der Waals surface area (Å²) in [7, 11) is 0. The molecule has 0 aliphatic carbocycles. The van der Waals surface area contributed by atoms with E-state index in [1.807, 2.05) is 0 Å². The number of alkyl halides is 2. The summed E-state index contributed by atoms with van der Waals surface area (Å²) in [4.78, 5) is 23.1. The molecule has 0 radical (unpaired) electrons. The normalized spacial score (nSPS) is 10.0. The molecule has 4 amide bonds. The number of nitrogens with one attached hydrogen (secondary N) is 4. The molecule has 0 aliphatic rings. The van der Waals surface area contributed by atoms with E-state index < -0.39 is 0 Å². The number of benzene rings is 2. The van der Waals surface area contributed by atoms with Gasteiger partial charge in [0.2, 0.25) is 0 Å². The van der Waals surface area contributed by atoms with Crippen molar-refractivity contribution in [3.63, 3.8) is 0 Å². The van der Waals surface area contributed by atoms with E-state index >= 15 is 0 Å². The summed E-state index contributed by atoms with van der Waals surface area (Å²) < 4.78 is 5.74. The first kappa shape index (κ1) is 20.7. The number of rotatable bonds is 8. The molecule has 0 aliphatic heterocycles. The van der Waals surface area contributed by atoms with E-state index in [1.165, 1.54) is 0 Å². The molecule has 4 N–H and O–H groups in total. The number of hydrogen-bond donors (Lipinski definition) is 4. The molecule has 0 heterocycles. The summed E-state index contributed by atoms with van der Waals surface area (Å²) in [6.07, 6.45) is 0. The fraction of sp³-hybridized carbons (Fsp3) is 0.222. The lowest BCUT2D eigenvalue weighted by atomic mass is 10.3. The fourth-order valence-corrected chi connectivity index (χ4v) is 2.21. The number of ether oxygens (including phenoxy) is 1. The molecule has 0 bridgehead atoms. The van der Waals surface area contributed by atoms with Crippen LogP contribution in [0, 0.1) is 0 Å². The van der Waals surface area contributed by atoms with Crippen LogP contribution in [0.15, 0.2) is 48.5 Å². The molecule has 0 saturated heterocycles. The lowest BCUT2D eigenvalue weighted by molar-refractivity contribution is 0.252. The van der Waals surface area contributed by atoms with Gasteiger partial charge in [-0.15, -0.1) is 23.2 Å². The van der Waals surface area contributed by atoms with E-state index in [9.17, 15) is 9.59 Å². The fourth-order valence-electron chi connectivity index (χ4n) is 2.02. The number of halogens is 2. The SMILES string of the molecule is O=C(NCCCl)Nc1ccc(Oc2ccc(NC(=O)NCCCl)cc2)cc1. The Hall–Kier alpha value is -2.64. The van der Waals surface area contributed by atoms with Crippen LogP contribution in [0.25, 0.3) is 0 Å². The van der Waals surface area contributed by atoms with Crippen LogP contribution in [0.4, 0.5) is 21.0 Å². The van der Waals surface area contributed by atoms with Gasteiger partial charge < -0.3 is 26.0 Å². The minimum atomic E-state index is -0.317. The predicted octanol–water partition coefficient (Wildman–Crippen LogP) is 4.20. The van der Waals surface area contributed by atoms with E-state index in [0.29, 0.717) is 47.7 Å². The van der Waals surface area contributed by atoms with Crippen LogP contribution in [0.1, 0.15) is 0 Å². The number of carbonyl (C=O) groups is 2. The van der Waals surface area contributed by atoms with Crippen molar-refractivity contribution in [1.82, 2.24) is 10.6 Å². The number of anilines is 2. The average molecular weight is 411 g/mol. The second-order valence-electron chi connectivity index (χ2n) is 5.29. The van der Waals surface area contributed by atoms with Crippen LogP contribution in [-0.2, 0) is 0 Å². The third-order valence-corrected chi connectivity index (χ3v) is 3.60. The molecule has 0 unspecified atom stereocenters. The number of hydrogen-bond acceptors (Lipinski definition) is 3. The Labute approximate surface area is 167 Å². The molecule has 2 rings (SSSR count). The van der Waals surface area contributed by atoms with Crippen LogP contribution < -0.4 is 26.0 Å². The van der Waals surface area contributed by atoms with E-state index in [-0.39, 0.29) is 12.1 Å². The number of urea groups is 2. The van der Waals surface area contributed by atoms with Crippen LogP contribution >= 0.6 is 23.2 Å². The molecule has 2 aromatic rings. The molecule has 7 nitrogen and oxygen atoms in total. The Morgan fingerprint density at radius 2 is 1.07 bits per heavy atom. The zero-order chi connectivity index (χ0) is 19.5. The summed E-state index contributed by atoms with van der Waals surface area (Å²) >= 11 is 11.0. The molecule has 0 aromatic heterocycles. The van der Waals surface area contributed by atoms with E-state index in [4.69, 9.17) is 27.9 Å². The van der Waals surface area contributed by atoms with Crippen LogP contribution in [0.5, 0.6) is 11.5 Å². The average Bonchev–Trinajstić information content (AvgIpc) is 2.68. The molecular weight excluding hydrogens is 391 g/mol. The molecule has 27 heavy (non-hydrogen) atoms. The van der Waals surface area contributed by atoms with Gasteiger partial charge in [-0.3, -0.25) is 0 Å². The van der Waals surface area contributed by atoms with Crippen LogP contribution in [-0.4, -0.2) is 36.9 Å². The zero-order valence-electron chi connectivity index (χ0n) is 14.4. The Kier molecular flexibility index (Phi) is 8.54. The van der Waals surface area contributed by atoms with Crippen molar-refractivity contribution in [2.75, 3.05) is 35.5 Å². The van der Waals surface area contributed by atoms with Gasteiger partial charge in [0.25, 0.3) is 0 Å². The van der Waals surface area contributed by atoms with E-state index in [0.717, 1.165) is 0 Å². The van der Waals surface area contributed by atoms with Crippen molar-refractivity contribution in [2.45, 2.75) is 0 Å². The summed E-state index contributed by atoms with van der Waals surface area (Å²) in [6, 6.07) is 13.2. The molecule has 0 fully saturated rings. The molecule has 9 heteroatoms. The van der Waals surface area contributed by atoms with Crippen molar-refractivity contribution in [1.29, 1.82) is 0 Å². The van der Waals surface area contributed by atoms with Crippen LogP contribution in [0.2, 0.25) is 0 Å². The Bertz CT molecular complexity index is 676. The van der Waals surface area contributed by atoms with Gasteiger partial charge in [0.15, 0.2) is 0 Å². The van der Waals surface area contributed by atoms with Crippen molar-refractivity contribution in [3.8, 4) is 11.5 Å². The van der Waals surface area contributed by atoms with Gasteiger partial charge in [0.05, 0.1) is 0 Å². The van der Waals surface area contributed by atoms with Crippen molar-refractivity contribution >= 4 is 46.6 Å². The first-order chi connectivity index (χ1) is 13.1. The van der Waals surface area contributed by atoms with Gasteiger partial charge in [0, 0.05) is 36.2 Å². The maximum Gasteiger partial charge on any atom is 0.319 e. The summed E-state index contributed by atoms with van der Waals surface area (Å²) in [6.45, 7) is 0.793. The van der Waals surface area contributed by atoms with Crippen molar-refractivity contribution in [3.05, 3.63) is 48.5 Å². The highest BCUT2D eigenvalue weighted by atomic mass is 35.5. The molecule has 0 spiro atoms. The third-order valence-electron chi connectivity index (χ3n) is 3.22. The van der Waals surface area contributed by atoms with E-state index in [1.54, 1.807) is 48.5 Å². The monoisotopic (exact) mass is 410 g/mol. The summed E-state index contributed by atoms with van der Waals surface area (Å²) in [5.41, 5.74) is 1.27. The second-order valence-corrected chi connectivity index (χ2v) is 6.05. The molecule has 144 valence electrons. The lowest BCUT2D eigenvalue weighted by Gasteiger charge is -2.10. The number of carbonyl (C=O) groups excluding carboxylic acids is 2. The maximum atomic E-state index is 11.6. The molecule has 0 atom stereocenters. The Balaban J connectivity index is 1.86. The zero-order valence-corrected chi connectivity index (χ0v) is 15.9. The highest BCUT2D eigenvalue weighted by Crippen LogP contribution is 2.24. The Morgan fingerprint density at radius 3 is 1.41 bits per heavy atom. The quantitative estimate of drug-likeness (QED) is 0.491. The van der Waals surface area contributed by atoms with Gasteiger partial charge in [-0.25, -0.2) is 9.59 Å². The molecule has 0 saturated carbocycles. The third kappa shape index (κ3) is 7.64. The number of amides is 4. The van der Waals surface area contributed by atoms with E-state index in [2.05, 4.69) is 21.3 Å². The van der Waals surface area contributed by atoms with Gasteiger partial charge in [-0.1, -0.05) is 0 Å². The van der Waals surface area contributed by atoms with Gasteiger partial charge in [-0.2, -0.15) is 0 Å². The minimum Gasteiger partial charge on any atom is -0.457 e. The van der Waals surface area contributed by atoms with Gasteiger partial charge in [-0.05, 0) is 48.5 Å². The topological polar surface area (TPSA) is 91.5 Å². The Morgan fingerprint density at radius 1 is 0.704 bits per heavy atom. The predicted molar refractivity (Wildman–Crippen MR) is 108 cm³/mol. The maximum absolute atomic E-state index is 11.6. The van der Waals surface area contributed by atoms with Gasteiger partial charge in [0.1, 0.15) is 11.5 Å². The largest absolute Gasteiger partial charge is 0.457 e. The van der Waals surface area contributed by atoms with Gasteiger partial charge >= 0.3 is 12.1 Å². The first-order valence-corrected chi connectivity index (χ1v) is 9.27. The smallest absolute Gasteiger partial charge is 0.319 e. The molecular formula is C18H20Cl2N4O3. The van der Waals surface area contributed by atoms with Crippen LogP contribution in [0.3, 0.4) is 0 Å². The second kappa shape index (κ2) is 11.2. The summed E-state index contributed by atoms with van der Waals surface area (Å²) in [5, 5.41) is 10.6.